The molecule has 0 aliphatic heterocycles. The molecule has 2 aromatic rings. The Hall–Kier alpha value is -1.13. The van der Waals surface area contributed by atoms with E-state index in [1.165, 1.54) is 29.8 Å². The fourth-order valence-corrected chi connectivity index (χ4v) is 3.67. The van der Waals surface area contributed by atoms with Gasteiger partial charge in [0.2, 0.25) is 0 Å². The fraction of sp³-hybridized carbons (Fsp3) is 0.500. The number of imidazole rings is 1. The van der Waals surface area contributed by atoms with Gasteiger partial charge in [-0.3, -0.25) is 0 Å². The lowest BCUT2D eigenvalue weighted by atomic mass is 10.00. The van der Waals surface area contributed by atoms with Gasteiger partial charge in [0.15, 0.2) is 0 Å². The number of hydrogen-bond donors (Lipinski definition) is 1. The molecule has 0 bridgehead atoms. The smallest absolute Gasteiger partial charge is 0.106 e. The van der Waals surface area contributed by atoms with Crippen LogP contribution < -0.4 is 5.73 Å². The molecule has 0 saturated heterocycles. The minimum absolute atomic E-state index is 0.255. The van der Waals surface area contributed by atoms with Crippen molar-refractivity contribution in [3.05, 3.63) is 39.6 Å². The van der Waals surface area contributed by atoms with E-state index in [1.807, 2.05) is 0 Å². The molecular formula is C14H19N3S. The third-order valence-corrected chi connectivity index (χ3v) is 4.51. The van der Waals surface area contributed by atoms with Crippen molar-refractivity contribution in [2.45, 2.75) is 38.6 Å². The molecule has 0 saturated carbocycles. The molecule has 1 atom stereocenters. The molecule has 0 fully saturated rings. The number of rotatable bonds is 3. The van der Waals surface area contributed by atoms with Gasteiger partial charge in [0.1, 0.15) is 5.82 Å². The van der Waals surface area contributed by atoms with Crippen LogP contribution in [0, 0.1) is 6.92 Å². The first-order valence-electron chi connectivity index (χ1n) is 6.60. The predicted octanol–water partition coefficient (Wildman–Crippen LogP) is 2.68. The van der Waals surface area contributed by atoms with E-state index in [2.05, 4.69) is 28.3 Å². The van der Waals surface area contributed by atoms with E-state index < -0.39 is 0 Å². The molecule has 0 radical (unpaired) electrons. The fourth-order valence-electron chi connectivity index (χ4n) is 2.97. The van der Waals surface area contributed by atoms with Crippen molar-refractivity contribution in [2.24, 2.45) is 5.73 Å². The topological polar surface area (TPSA) is 43.8 Å². The van der Waals surface area contributed by atoms with Gasteiger partial charge in [-0.05, 0) is 55.0 Å². The van der Waals surface area contributed by atoms with E-state index in [9.17, 15) is 0 Å². The average Bonchev–Trinajstić information content (AvgIpc) is 2.99. The summed E-state index contributed by atoms with van der Waals surface area (Å²) in [5.74, 6) is 1.11. The van der Waals surface area contributed by atoms with E-state index in [1.54, 1.807) is 11.3 Å². The van der Waals surface area contributed by atoms with Crippen molar-refractivity contribution >= 4 is 11.3 Å². The maximum atomic E-state index is 6.01. The standard InChI is InChI=1S/C14H19N3S/c1-10-16-12-4-2-3-5-13(12)17(10)14(8-15)11-6-7-18-9-11/h6-7,9,14H,2-5,8,15H2,1H3. The molecule has 4 heteroatoms. The van der Waals surface area contributed by atoms with Crippen LogP contribution in [0.2, 0.25) is 0 Å². The highest BCUT2D eigenvalue weighted by Gasteiger charge is 2.23. The van der Waals surface area contributed by atoms with Gasteiger partial charge < -0.3 is 10.3 Å². The molecule has 1 unspecified atom stereocenters. The quantitative estimate of drug-likeness (QED) is 0.923. The molecule has 2 heterocycles. The summed E-state index contributed by atoms with van der Waals surface area (Å²) in [5.41, 5.74) is 10.0. The van der Waals surface area contributed by atoms with Gasteiger partial charge in [0, 0.05) is 12.2 Å². The second-order valence-corrected chi connectivity index (χ2v) is 5.72. The summed E-state index contributed by atoms with van der Waals surface area (Å²) in [5, 5.41) is 4.32. The Morgan fingerprint density at radius 2 is 2.28 bits per heavy atom. The van der Waals surface area contributed by atoms with Gasteiger partial charge in [0.25, 0.3) is 0 Å². The van der Waals surface area contributed by atoms with Crippen molar-refractivity contribution in [2.75, 3.05) is 6.54 Å². The Labute approximate surface area is 112 Å². The van der Waals surface area contributed by atoms with Crippen LogP contribution >= 0.6 is 11.3 Å². The number of nitrogens with zero attached hydrogens (tertiary/aromatic N) is 2. The lowest BCUT2D eigenvalue weighted by molar-refractivity contribution is 0.538. The van der Waals surface area contributed by atoms with E-state index >= 15 is 0 Å². The van der Waals surface area contributed by atoms with Crippen molar-refractivity contribution in [1.29, 1.82) is 0 Å². The molecular weight excluding hydrogens is 242 g/mol. The first kappa shape index (κ1) is 11.9. The van der Waals surface area contributed by atoms with Crippen molar-refractivity contribution < 1.29 is 0 Å². The monoisotopic (exact) mass is 261 g/mol. The minimum Gasteiger partial charge on any atom is -0.328 e. The predicted molar refractivity (Wildman–Crippen MR) is 75.1 cm³/mol. The first-order valence-corrected chi connectivity index (χ1v) is 7.54. The summed E-state index contributed by atoms with van der Waals surface area (Å²) >= 11 is 1.73. The molecule has 1 aliphatic rings. The van der Waals surface area contributed by atoms with Crippen LogP contribution in [0.1, 0.15) is 41.7 Å². The van der Waals surface area contributed by atoms with Crippen molar-refractivity contribution in [1.82, 2.24) is 9.55 Å². The maximum Gasteiger partial charge on any atom is 0.106 e. The number of fused-ring (bicyclic) bond motifs is 1. The normalized spacial score (nSPS) is 16.6. The van der Waals surface area contributed by atoms with Gasteiger partial charge in [-0.1, -0.05) is 0 Å². The Bertz CT molecular complexity index is 527. The molecule has 3 nitrogen and oxygen atoms in total. The van der Waals surface area contributed by atoms with Crippen LogP contribution in [-0.4, -0.2) is 16.1 Å². The van der Waals surface area contributed by atoms with Crippen LogP contribution in [0.15, 0.2) is 16.8 Å². The van der Waals surface area contributed by atoms with E-state index in [0.29, 0.717) is 6.54 Å². The van der Waals surface area contributed by atoms with Crippen LogP contribution in [0.3, 0.4) is 0 Å². The Balaban J connectivity index is 2.07. The number of hydrogen-bond acceptors (Lipinski definition) is 3. The number of thiophene rings is 1. The van der Waals surface area contributed by atoms with Gasteiger partial charge in [-0.15, -0.1) is 0 Å². The van der Waals surface area contributed by atoms with E-state index in [4.69, 9.17) is 10.7 Å². The molecule has 0 amide bonds. The highest BCUT2D eigenvalue weighted by molar-refractivity contribution is 7.07. The summed E-state index contributed by atoms with van der Waals surface area (Å²) in [4.78, 5) is 4.74. The number of aromatic nitrogens is 2. The van der Waals surface area contributed by atoms with Gasteiger partial charge in [-0.2, -0.15) is 11.3 Å². The molecule has 1 aliphatic carbocycles. The molecule has 96 valence electrons. The number of aryl methyl sites for hydroxylation is 2. The number of nitrogens with two attached hydrogens (primary N) is 1. The SMILES string of the molecule is Cc1nc2c(n1C(CN)c1ccsc1)CCCC2. The molecule has 18 heavy (non-hydrogen) atoms. The summed E-state index contributed by atoms with van der Waals surface area (Å²) < 4.78 is 2.37. The molecule has 0 aromatic carbocycles. The zero-order valence-corrected chi connectivity index (χ0v) is 11.5. The first-order chi connectivity index (χ1) is 8.81. The Morgan fingerprint density at radius 1 is 1.44 bits per heavy atom. The van der Waals surface area contributed by atoms with Crippen molar-refractivity contribution in [3.63, 3.8) is 0 Å². The molecule has 0 spiro atoms. The highest BCUT2D eigenvalue weighted by Crippen LogP contribution is 2.29. The maximum absolute atomic E-state index is 6.01. The highest BCUT2D eigenvalue weighted by atomic mass is 32.1. The minimum atomic E-state index is 0.255. The lowest BCUT2D eigenvalue weighted by Crippen LogP contribution is -2.23. The summed E-state index contributed by atoms with van der Waals surface area (Å²) in [6.07, 6.45) is 4.83. The summed E-state index contributed by atoms with van der Waals surface area (Å²) in [6, 6.07) is 2.43. The van der Waals surface area contributed by atoms with Crippen LogP contribution in [-0.2, 0) is 12.8 Å². The largest absolute Gasteiger partial charge is 0.328 e. The molecule has 3 rings (SSSR count). The summed E-state index contributed by atoms with van der Waals surface area (Å²) in [6.45, 7) is 2.74. The van der Waals surface area contributed by atoms with Crippen molar-refractivity contribution in [3.8, 4) is 0 Å². The van der Waals surface area contributed by atoms with Crippen LogP contribution in [0.4, 0.5) is 0 Å². The van der Waals surface area contributed by atoms with Crippen LogP contribution in [0.5, 0.6) is 0 Å². The average molecular weight is 261 g/mol. The Morgan fingerprint density at radius 3 is 3.00 bits per heavy atom. The second kappa shape index (κ2) is 4.86. The van der Waals surface area contributed by atoms with Crippen LogP contribution in [0.25, 0.3) is 0 Å². The summed E-state index contributed by atoms with van der Waals surface area (Å²) in [7, 11) is 0. The van der Waals surface area contributed by atoms with E-state index in [-0.39, 0.29) is 6.04 Å². The molecule has 2 N–H and O–H groups in total. The Kier molecular flexibility index (Phi) is 3.22. The third kappa shape index (κ3) is 1.89. The van der Waals surface area contributed by atoms with Gasteiger partial charge in [-0.25, -0.2) is 4.98 Å². The third-order valence-electron chi connectivity index (χ3n) is 3.81. The van der Waals surface area contributed by atoms with E-state index in [0.717, 1.165) is 18.7 Å². The second-order valence-electron chi connectivity index (χ2n) is 4.94. The lowest BCUT2D eigenvalue weighted by Gasteiger charge is -2.22. The zero-order valence-electron chi connectivity index (χ0n) is 10.7. The van der Waals surface area contributed by atoms with Gasteiger partial charge >= 0.3 is 0 Å². The molecule has 2 aromatic heterocycles. The zero-order chi connectivity index (χ0) is 12.5. The van der Waals surface area contributed by atoms with Gasteiger partial charge in [0.05, 0.1) is 11.7 Å².